The SMILES string of the molecule is Cc1ccc2nc(C(C)(F)F)n(-c3ccc4[nH]ncc4c3)c2n1. The van der Waals surface area contributed by atoms with E-state index >= 15 is 0 Å². The molecule has 0 aliphatic carbocycles. The molecule has 0 unspecified atom stereocenters. The van der Waals surface area contributed by atoms with Crippen LogP contribution < -0.4 is 0 Å². The van der Waals surface area contributed by atoms with E-state index < -0.39 is 5.92 Å². The third-order valence-electron chi connectivity index (χ3n) is 3.72. The van der Waals surface area contributed by atoms with Crippen LogP contribution in [-0.4, -0.2) is 24.7 Å². The van der Waals surface area contributed by atoms with Gasteiger partial charge in [0.05, 0.1) is 11.7 Å². The van der Waals surface area contributed by atoms with Crippen molar-refractivity contribution in [3.05, 3.63) is 48.0 Å². The van der Waals surface area contributed by atoms with Crippen LogP contribution in [0.1, 0.15) is 18.4 Å². The molecule has 4 aromatic rings. The van der Waals surface area contributed by atoms with E-state index in [4.69, 9.17) is 0 Å². The molecule has 0 aliphatic rings. The molecule has 1 aromatic carbocycles. The summed E-state index contributed by atoms with van der Waals surface area (Å²) in [7, 11) is 0. The van der Waals surface area contributed by atoms with Crippen molar-refractivity contribution >= 4 is 22.1 Å². The molecule has 0 fully saturated rings. The zero-order valence-electron chi connectivity index (χ0n) is 12.5. The van der Waals surface area contributed by atoms with Crippen molar-refractivity contribution in [2.24, 2.45) is 0 Å². The van der Waals surface area contributed by atoms with Crippen LogP contribution in [0, 0.1) is 6.92 Å². The fourth-order valence-electron chi connectivity index (χ4n) is 2.66. The summed E-state index contributed by atoms with van der Waals surface area (Å²) >= 11 is 0. The van der Waals surface area contributed by atoms with Gasteiger partial charge in [0.2, 0.25) is 0 Å². The zero-order chi connectivity index (χ0) is 16.2. The lowest BCUT2D eigenvalue weighted by molar-refractivity contribution is 0.00667. The van der Waals surface area contributed by atoms with E-state index in [1.54, 1.807) is 36.5 Å². The Bertz CT molecular complexity index is 1030. The van der Waals surface area contributed by atoms with Crippen molar-refractivity contribution in [2.45, 2.75) is 19.8 Å². The minimum Gasteiger partial charge on any atom is -0.278 e. The summed E-state index contributed by atoms with van der Waals surface area (Å²) in [5, 5.41) is 7.64. The van der Waals surface area contributed by atoms with E-state index in [1.807, 2.05) is 6.92 Å². The second-order valence-corrected chi connectivity index (χ2v) is 5.60. The number of benzene rings is 1. The van der Waals surface area contributed by atoms with Gasteiger partial charge in [0.15, 0.2) is 11.5 Å². The van der Waals surface area contributed by atoms with Gasteiger partial charge in [-0.3, -0.25) is 9.67 Å². The van der Waals surface area contributed by atoms with Gasteiger partial charge in [-0.2, -0.15) is 13.9 Å². The number of aryl methyl sites for hydroxylation is 1. The van der Waals surface area contributed by atoms with E-state index in [1.165, 1.54) is 4.57 Å². The van der Waals surface area contributed by atoms with Crippen LogP contribution in [0.5, 0.6) is 0 Å². The molecule has 0 bridgehead atoms. The minimum absolute atomic E-state index is 0.326. The molecule has 23 heavy (non-hydrogen) atoms. The first kappa shape index (κ1) is 13.8. The van der Waals surface area contributed by atoms with Gasteiger partial charge in [-0.05, 0) is 37.3 Å². The Balaban J connectivity index is 2.08. The highest BCUT2D eigenvalue weighted by molar-refractivity contribution is 5.82. The van der Waals surface area contributed by atoms with Gasteiger partial charge in [-0.25, -0.2) is 9.97 Å². The number of fused-ring (bicyclic) bond motifs is 2. The number of halogens is 2. The smallest absolute Gasteiger partial charge is 0.278 e. The van der Waals surface area contributed by atoms with Gasteiger partial charge < -0.3 is 0 Å². The number of nitrogens with zero attached hydrogens (tertiary/aromatic N) is 4. The average molecular weight is 313 g/mol. The van der Waals surface area contributed by atoms with Crippen molar-refractivity contribution in [3.8, 4) is 5.69 Å². The molecule has 0 radical (unpaired) electrons. The molecule has 3 aromatic heterocycles. The number of alkyl halides is 2. The first-order chi connectivity index (χ1) is 10.9. The molecule has 0 atom stereocenters. The van der Waals surface area contributed by atoms with Gasteiger partial charge in [0.25, 0.3) is 0 Å². The van der Waals surface area contributed by atoms with Gasteiger partial charge in [-0.1, -0.05) is 0 Å². The number of pyridine rings is 1. The topological polar surface area (TPSA) is 59.4 Å². The van der Waals surface area contributed by atoms with Crippen LogP contribution in [0.2, 0.25) is 0 Å². The van der Waals surface area contributed by atoms with Crippen LogP contribution in [0.3, 0.4) is 0 Å². The Morgan fingerprint density at radius 3 is 2.74 bits per heavy atom. The van der Waals surface area contributed by atoms with Crippen LogP contribution in [0.15, 0.2) is 36.5 Å². The average Bonchev–Trinajstić information content (AvgIpc) is 3.08. The van der Waals surface area contributed by atoms with Gasteiger partial charge >= 0.3 is 5.92 Å². The van der Waals surface area contributed by atoms with Gasteiger partial charge in [-0.15, -0.1) is 0 Å². The summed E-state index contributed by atoms with van der Waals surface area (Å²) < 4.78 is 29.5. The van der Waals surface area contributed by atoms with Crippen LogP contribution in [0.4, 0.5) is 8.78 Å². The Morgan fingerprint density at radius 2 is 1.96 bits per heavy atom. The fourth-order valence-corrected chi connectivity index (χ4v) is 2.66. The lowest BCUT2D eigenvalue weighted by Gasteiger charge is -2.13. The van der Waals surface area contributed by atoms with Gasteiger partial charge in [0.1, 0.15) is 5.52 Å². The molecule has 1 N–H and O–H groups in total. The Hall–Kier alpha value is -2.83. The molecule has 4 rings (SSSR count). The maximum Gasteiger partial charge on any atom is 0.302 e. The van der Waals surface area contributed by atoms with Crippen molar-refractivity contribution in [2.75, 3.05) is 0 Å². The largest absolute Gasteiger partial charge is 0.302 e. The maximum absolute atomic E-state index is 14.1. The summed E-state index contributed by atoms with van der Waals surface area (Å²) in [5.41, 5.74) is 3.03. The summed E-state index contributed by atoms with van der Waals surface area (Å²) in [4.78, 5) is 8.49. The zero-order valence-corrected chi connectivity index (χ0v) is 12.5. The number of hydrogen-bond acceptors (Lipinski definition) is 3. The lowest BCUT2D eigenvalue weighted by atomic mass is 10.2. The van der Waals surface area contributed by atoms with E-state index in [2.05, 4.69) is 20.2 Å². The number of nitrogens with one attached hydrogen (secondary N) is 1. The quantitative estimate of drug-likeness (QED) is 0.613. The number of rotatable bonds is 2. The molecular weight excluding hydrogens is 300 g/mol. The number of hydrogen-bond donors (Lipinski definition) is 1. The third kappa shape index (κ3) is 2.16. The third-order valence-corrected chi connectivity index (χ3v) is 3.72. The molecular formula is C16H13F2N5. The Kier molecular flexibility index (Phi) is 2.75. The molecule has 7 heteroatoms. The maximum atomic E-state index is 14.1. The normalized spacial score (nSPS) is 12.3. The van der Waals surface area contributed by atoms with Crippen molar-refractivity contribution < 1.29 is 8.78 Å². The highest BCUT2D eigenvalue weighted by atomic mass is 19.3. The summed E-state index contributed by atoms with van der Waals surface area (Å²) in [6.45, 7) is 2.66. The molecule has 0 spiro atoms. The second kappa shape index (κ2) is 4.58. The molecule has 3 heterocycles. The summed E-state index contributed by atoms with van der Waals surface area (Å²) in [5.74, 6) is -3.41. The van der Waals surface area contributed by atoms with Crippen LogP contribution in [0.25, 0.3) is 27.8 Å². The fraction of sp³-hybridized carbons (Fsp3) is 0.188. The molecule has 0 saturated carbocycles. The van der Waals surface area contributed by atoms with E-state index in [0.29, 0.717) is 16.9 Å². The van der Waals surface area contributed by atoms with Gasteiger partial charge in [0, 0.05) is 23.7 Å². The summed E-state index contributed by atoms with van der Waals surface area (Å²) in [6.07, 6.45) is 1.65. The predicted octanol–water partition coefficient (Wildman–Crippen LogP) is 3.72. The number of imidazole rings is 1. The highest BCUT2D eigenvalue weighted by Crippen LogP contribution is 2.32. The number of aromatic amines is 1. The number of aromatic nitrogens is 5. The molecule has 0 saturated heterocycles. The van der Waals surface area contributed by atoms with Crippen LogP contribution in [-0.2, 0) is 5.92 Å². The molecule has 5 nitrogen and oxygen atoms in total. The first-order valence-corrected chi connectivity index (χ1v) is 7.11. The predicted molar refractivity (Wildman–Crippen MR) is 82.8 cm³/mol. The Morgan fingerprint density at radius 1 is 1.13 bits per heavy atom. The van der Waals surface area contributed by atoms with Crippen molar-refractivity contribution in [3.63, 3.8) is 0 Å². The highest BCUT2D eigenvalue weighted by Gasteiger charge is 2.33. The van der Waals surface area contributed by atoms with E-state index in [9.17, 15) is 8.78 Å². The van der Waals surface area contributed by atoms with Crippen molar-refractivity contribution in [1.29, 1.82) is 0 Å². The number of H-pyrrole nitrogens is 1. The monoisotopic (exact) mass is 313 g/mol. The first-order valence-electron chi connectivity index (χ1n) is 7.11. The molecule has 0 aliphatic heterocycles. The van der Waals surface area contributed by atoms with E-state index in [0.717, 1.165) is 23.5 Å². The Labute approximate surface area is 130 Å². The summed E-state index contributed by atoms with van der Waals surface area (Å²) in [6, 6.07) is 8.81. The minimum atomic E-state index is -3.08. The lowest BCUT2D eigenvalue weighted by Crippen LogP contribution is -2.15. The molecule has 0 amide bonds. The van der Waals surface area contributed by atoms with Crippen LogP contribution >= 0.6 is 0 Å². The standard InChI is InChI=1S/C16H13F2N5/c1-9-3-5-13-14(20-9)23(15(21-13)16(2,17)18)11-4-6-12-10(7-11)8-19-22-12/h3-8H,1-2H3,(H,19,22). The van der Waals surface area contributed by atoms with E-state index in [-0.39, 0.29) is 5.82 Å². The second-order valence-electron chi connectivity index (χ2n) is 5.60. The molecule has 116 valence electrons. The van der Waals surface area contributed by atoms with Crippen molar-refractivity contribution in [1.82, 2.24) is 24.7 Å².